The van der Waals surface area contributed by atoms with E-state index < -0.39 is 0 Å². The Morgan fingerprint density at radius 2 is 2.64 bits per heavy atom. The van der Waals surface area contributed by atoms with Crippen LogP contribution in [0.15, 0.2) is 18.5 Å². The van der Waals surface area contributed by atoms with E-state index in [-0.39, 0.29) is 12.5 Å². The fourth-order valence-corrected chi connectivity index (χ4v) is 1.26. The normalized spacial score (nSPS) is 13.6. The van der Waals surface area contributed by atoms with Gasteiger partial charge in [-0.25, -0.2) is 0 Å². The fourth-order valence-electron chi connectivity index (χ4n) is 1.26. The molecule has 0 unspecified atom stereocenters. The lowest BCUT2D eigenvalue weighted by atomic mass is 10.3. The SMILES string of the molecule is COCC(=O)N1Cc2cnccc2O1. The number of hydrogen-bond acceptors (Lipinski definition) is 4. The highest BCUT2D eigenvalue weighted by molar-refractivity contribution is 5.77. The summed E-state index contributed by atoms with van der Waals surface area (Å²) in [5.41, 5.74) is 0.914. The van der Waals surface area contributed by atoms with Crippen molar-refractivity contribution in [1.29, 1.82) is 0 Å². The van der Waals surface area contributed by atoms with Gasteiger partial charge in [-0.05, 0) is 0 Å². The number of hydrogen-bond donors (Lipinski definition) is 0. The van der Waals surface area contributed by atoms with E-state index in [1.54, 1.807) is 18.5 Å². The Labute approximate surface area is 81.2 Å². The molecule has 0 N–H and O–H groups in total. The van der Waals surface area contributed by atoms with Gasteiger partial charge in [-0.15, -0.1) is 0 Å². The summed E-state index contributed by atoms with van der Waals surface area (Å²) in [5.74, 6) is 0.494. The van der Waals surface area contributed by atoms with Crippen molar-refractivity contribution in [2.24, 2.45) is 0 Å². The molecule has 0 saturated carbocycles. The number of amides is 1. The number of pyridine rings is 1. The van der Waals surface area contributed by atoms with Crippen LogP contribution in [0.2, 0.25) is 0 Å². The second-order valence-electron chi connectivity index (χ2n) is 2.94. The van der Waals surface area contributed by atoms with Gasteiger partial charge in [0.05, 0.1) is 6.54 Å². The average molecular weight is 194 g/mol. The summed E-state index contributed by atoms with van der Waals surface area (Å²) in [6, 6.07) is 1.73. The van der Waals surface area contributed by atoms with Gasteiger partial charge >= 0.3 is 0 Å². The second kappa shape index (κ2) is 3.63. The van der Waals surface area contributed by atoms with Gasteiger partial charge < -0.3 is 9.57 Å². The summed E-state index contributed by atoms with van der Waals surface area (Å²) in [6.07, 6.45) is 3.32. The minimum absolute atomic E-state index is 0.0292. The molecule has 1 aromatic heterocycles. The minimum Gasteiger partial charge on any atom is -0.376 e. The molecule has 0 bridgehead atoms. The van der Waals surface area contributed by atoms with Gasteiger partial charge in [0.15, 0.2) is 5.75 Å². The van der Waals surface area contributed by atoms with Crippen LogP contribution < -0.4 is 4.84 Å². The number of fused-ring (bicyclic) bond motifs is 1. The zero-order valence-corrected chi connectivity index (χ0v) is 7.77. The van der Waals surface area contributed by atoms with Crippen LogP contribution in [0.3, 0.4) is 0 Å². The summed E-state index contributed by atoms with van der Waals surface area (Å²) in [5, 5.41) is 1.27. The van der Waals surface area contributed by atoms with Gasteiger partial charge in [0, 0.05) is 31.1 Å². The molecular weight excluding hydrogens is 184 g/mol. The number of carbonyl (C=O) groups is 1. The van der Waals surface area contributed by atoms with Crippen molar-refractivity contribution in [2.45, 2.75) is 6.54 Å². The summed E-state index contributed by atoms with van der Waals surface area (Å²) in [6.45, 7) is 0.465. The summed E-state index contributed by atoms with van der Waals surface area (Å²) in [4.78, 5) is 20.6. The lowest BCUT2D eigenvalue weighted by Gasteiger charge is -2.13. The maximum atomic E-state index is 11.4. The van der Waals surface area contributed by atoms with Gasteiger partial charge in [-0.2, -0.15) is 5.06 Å². The Morgan fingerprint density at radius 3 is 3.36 bits per heavy atom. The monoisotopic (exact) mass is 194 g/mol. The third kappa shape index (κ3) is 1.54. The van der Waals surface area contributed by atoms with E-state index in [0.29, 0.717) is 12.3 Å². The first-order chi connectivity index (χ1) is 6.81. The Morgan fingerprint density at radius 1 is 1.79 bits per heavy atom. The molecule has 2 heterocycles. The molecule has 0 atom stereocenters. The second-order valence-corrected chi connectivity index (χ2v) is 2.94. The number of aromatic nitrogens is 1. The summed E-state index contributed by atoms with van der Waals surface area (Å²) < 4.78 is 4.73. The molecule has 1 aliphatic rings. The van der Waals surface area contributed by atoms with Gasteiger partial charge in [-0.1, -0.05) is 0 Å². The standard InChI is InChI=1S/C9H10N2O3/c1-13-6-9(12)11-5-7-4-10-3-2-8(7)14-11/h2-4H,5-6H2,1H3. The van der Waals surface area contributed by atoms with Crippen molar-refractivity contribution >= 4 is 5.91 Å². The first-order valence-electron chi connectivity index (χ1n) is 4.21. The van der Waals surface area contributed by atoms with Crippen LogP contribution in [-0.4, -0.2) is 29.7 Å². The first kappa shape index (κ1) is 8.96. The smallest absolute Gasteiger partial charge is 0.281 e. The molecule has 14 heavy (non-hydrogen) atoms. The van der Waals surface area contributed by atoms with Crippen molar-refractivity contribution in [3.8, 4) is 5.75 Å². The third-order valence-corrected chi connectivity index (χ3v) is 1.93. The zero-order valence-electron chi connectivity index (χ0n) is 7.77. The predicted octanol–water partition coefficient (Wildman–Crippen LogP) is 0.364. The Bertz CT molecular complexity index is 329. The highest BCUT2D eigenvalue weighted by atomic mass is 16.7. The Kier molecular flexibility index (Phi) is 2.32. The fraction of sp³-hybridized carbons (Fsp3) is 0.333. The van der Waals surface area contributed by atoms with Gasteiger partial charge in [0.1, 0.15) is 6.61 Å². The Balaban J connectivity index is 2.08. The van der Waals surface area contributed by atoms with Crippen molar-refractivity contribution in [3.05, 3.63) is 24.0 Å². The van der Waals surface area contributed by atoms with Gasteiger partial charge in [0.2, 0.25) is 0 Å². The number of carbonyl (C=O) groups excluding carboxylic acids is 1. The van der Waals surface area contributed by atoms with Crippen LogP contribution in [0.4, 0.5) is 0 Å². The quantitative estimate of drug-likeness (QED) is 0.682. The minimum atomic E-state index is -0.191. The van der Waals surface area contributed by atoms with Crippen LogP contribution in [0.5, 0.6) is 5.75 Å². The molecule has 0 fully saturated rings. The molecule has 5 nitrogen and oxygen atoms in total. The van der Waals surface area contributed by atoms with E-state index in [1.165, 1.54) is 12.2 Å². The lowest BCUT2D eigenvalue weighted by Crippen LogP contribution is -2.32. The lowest BCUT2D eigenvalue weighted by molar-refractivity contribution is -0.159. The van der Waals surface area contributed by atoms with Crippen LogP contribution >= 0.6 is 0 Å². The van der Waals surface area contributed by atoms with Gasteiger partial charge in [0.25, 0.3) is 5.91 Å². The zero-order chi connectivity index (χ0) is 9.97. The molecule has 0 saturated heterocycles. The molecule has 1 amide bonds. The average Bonchev–Trinajstić information content (AvgIpc) is 2.61. The van der Waals surface area contributed by atoms with E-state index in [4.69, 9.17) is 9.57 Å². The first-order valence-corrected chi connectivity index (χ1v) is 4.21. The third-order valence-electron chi connectivity index (χ3n) is 1.93. The summed E-state index contributed by atoms with van der Waals surface area (Å²) in [7, 11) is 1.47. The van der Waals surface area contributed by atoms with E-state index in [9.17, 15) is 4.79 Å². The number of ether oxygens (including phenoxy) is 1. The van der Waals surface area contributed by atoms with Crippen molar-refractivity contribution in [3.63, 3.8) is 0 Å². The highest BCUT2D eigenvalue weighted by Crippen LogP contribution is 2.26. The molecule has 5 heteroatoms. The topological polar surface area (TPSA) is 51.7 Å². The van der Waals surface area contributed by atoms with Gasteiger partial charge in [-0.3, -0.25) is 9.78 Å². The Hall–Kier alpha value is -1.62. The van der Waals surface area contributed by atoms with E-state index in [0.717, 1.165) is 5.56 Å². The molecule has 1 aliphatic heterocycles. The van der Waals surface area contributed by atoms with Crippen molar-refractivity contribution in [2.75, 3.05) is 13.7 Å². The molecular formula is C9H10N2O3. The maximum Gasteiger partial charge on any atom is 0.281 e. The van der Waals surface area contributed by atoms with E-state index >= 15 is 0 Å². The molecule has 74 valence electrons. The van der Waals surface area contributed by atoms with Crippen LogP contribution in [0.1, 0.15) is 5.56 Å². The van der Waals surface area contributed by atoms with E-state index in [1.807, 2.05) is 0 Å². The number of methoxy groups -OCH3 is 1. The molecule has 0 spiro atoms. The maximum absolute atomic E-state index is 11.4. The number of nitrogens with zero attached hydrogens (tertiary/aromatic N) is 2. The molecule has 0 radical (unpaired) electrons. The largest absolute Gasteiger partial charge is 0.376 e. The molecule has 0 aromatic carbocycles. The number of hydroxylamine groups is 2. The predicted molar refractivity (Wildman–Crippen MR) is 47.3 cm³/mol. The van der Waals surface area contributed by atoms with Crippen LogP contribution in [-0.2, 0) is 16.1 Å². The van der Waals surface area contributed by atoms with E-state index in [2.05, 4.69) is 4.98 Å². The number of rotatable bonds is 2. The van der Waals surface area contributed by atoms with Crippen LogP contribution in [0, 0.1) is 0 Å². The molecule has 2 rings (SSSR count). The summed E-state index contributed by atoms with van der Waals surface area (Å²) >= 11 is 0. The highest BCUT2D eigenvalue weighted by Gasteiger charge is 2.25. The van der Waals surface area contributed by atoms with Crippen LogP contribution in [0.25, 0.3) is 0 Å². The molecule has 1 aromatic rings. The molecule has 0 aliphatic carbocycles. The van der Waals surface area contributed by atoms with Crippen molar-refractivity contribution in [1.82, 2.24) is 10.0 Å². The van der Waals surface area contributed by atoms with Crippen molar-refractivity contribution < 1.29 is 14.4 Å².